The summed E-state index contributed by atoms with van der Waals surface area (Å²) in [5, 5.41) is 8.67. The molecule has 0 saturated heterocycles. The highest BCUT2D eigenvalue weighted by atomic mass is 16.3. The monoisotopic (exact) mass is 101 g/mol. The minimum absolute atomic E-state index is 0.218. The molecule has 0 saturated carbocycles. The summed E-state index contributed by atoms with van der Waals surface area (Å²) < 4.78 is 0. The van der Waals surface area contributed by atoms with Gasteiger partial charge in [0.25, 0.3) is 0 Å². The first-order valence-corrected chi connectivity index (χ1v) is 2.29. The van der Waals surface area contributed by atoms with E-state index < -0.39 is 0 Å². The molecule has 0 aliphatic carbocycles. The van der Waals surface area contributed by atoms with Gasteiger partial charge in [-0.25, -0.2) is 0 Å². The second kappa shape index (κ2) is 2.64. The lowest BCUT2D eigenvalue weighted by Crippen LogP contribution is -2.17. The predicted octanol–water partition coefficient (Wildman–Crippen LogP) is 0.795. The number of hydrogen-bond donors (Lipinski definition) is 2. The molecule has 1 atom stereocenters. The Bertz CT molecular complexity index is 76.1. The van der Waals surface area contributed by atoms with Crippen molar-refractivity contribution in [2.45, 2.75) is 19.9 Å². The van der Waals surface area contributed by atoms with E-state index in [1.165, 1.54) is 0 Å². The third-order valence-electron chi connectivity index (χ3n) is 0.762. The van der Waals surface area contributed by atoms with Crippen LogP contribution in [0, 0.1) is 0 Å². The molecule has 0 aromatic carbocycles. The lowest BCUT2D eigenvalue weighted by molar-refractivity contribution is 0.373. The van der Waals surface area contributed by atoms with Crippen LogP contribution in [0.3, 0.4) is 0 Å². The fourth-order valence-corrected chi connectivity index (χ4v) is 0.263. The fourth-order valence-electron chi connectivity index (χ4n) is 0.263. The summed E-state index contributed by atoms with van der Waals surface area (Å²) in [6.07, 6.45) is 1.59. The summed E-state index contributed by atoms with van der Waals surface area (Å²) in [7, 11) is 0. The first kappa shape index (κ1) is 6.50. The highest BCUT2D eigenvalue weighted by molar-refractivity contribution is 4.95. The molecule has 0 amide bonds. The molecular formula is C5H11NO. The quantitative estimate of drug-likeness (QED) is 0.480. The Hall–Kier alpha value is -0.500. The maximum Gasteiger partial charge on any atom is 0.104 e. The van der Waals surface area contributed by atoms with E-state index in [1.807, 2.05) is 0 Å². The second-order valence-corrected chi connectivity index (χ2v) is 1.50. The number of aliphatic hydroxyl groups is 1. The van der Waals surface area contributed by atoms with Gasteiger partial charge in [0.1, 0.15) is 5.76 Å². The van der Waals surface area contributed by atoms with Crippen LogP contribution in [0.1, 0.15) is 13.8 Å². The van der Waals surface area contributed by atoms with Crippen molar-refractivity contribution in [3.8, 4) is 0 Å². The fraction of sp³-hybridized carbons (Fsp3) is 0.600. The van der Waals surface area contributed by atoms with Crippen molar-refractivity contribution in [2.24, 2.45) is 5.73 Å². The average Bonchev–Trinajstić information content (AvgIpc) is 1.65. The molecular weight excluding hydrogens is 90.1 g/mol. The van der Waals surface area contributed by atoms with Crippen LogP contribution < -0.4 is 5.73 Å². The van der Waals surface area contributed by atoms with Gasteiger partial charge in [0.05, 0.1) is 6.04 Å². The molecule has 0 radical (unpaired) electrons. The van der Waals surface area contributed by atoms with Gasteiger partial charge in [0.15, 0.2) is 0 Å². The first-order valence-electron chi connectivity index (χ1n) is 2.29. The molecule has 0 rings (SSSR count). The molecule has 7 heavy (non-hydrogen) atoms. The Balaban J connectivity index is 3.56. The van der Waals surface area contributed by atoms with E-state index in [2.05, 4.69) is 0 Å². The molecule has 0 aliphatic rings. The molecule has 3 N–H and O–H groups in total. The molecule has 0 unspecified atom stereocenters. The van der Waals surface area contributed by atoms with E-state index in [-0.39, 0.29) is 11.8 Å². The number of nitrogens with two attached hydrogens (primary N) is 1. The van der Waals surface area contributed by atoms with Crippen molar-refractivity contribution in [2.75, 3.05) is 0 Å². The van der Waals surface area contributed by atoms with Crippen LogP contribution in [0.5, 0.6) is 0 Å². The van der Waals surface area contributed by atoms with Crippen molar-refractivity contribution >= 4 is 0 Å². The van der Waals surface area contributed by atoms with Gasteiger partial charge in [0, 0.05) is 0 Å². The van der Waals surface area contributed by atoms with Gasteiger partial charge >= 0.3 is 0 Å². The predicted molar refractivity (Wildman–Crippen MR) is 30.0 cm³/mol. The van der Waals surface area contributed by atoms with Crippen LogP contribution >= 0.6 is 0 Å². The smallest absolute Gasteiger partial charge is 0.104 e. The normalized spacial score (nSPS) is 16.7. The van der Waals surface area contributed by atoms with E-state index in [0.29, 0.717) is 0 Å². The van der Waals surface area contributed by atoms with Crippen LogP contribution in [0.4, 0.5) is 0 Å². The van der Waals surface area contributed by atoms with E-state index in [0.717, 1.165) is 0 Å². The maximum absolute atomic E-state index is 8.67. The zero-order valence-corrected chi connectivity index (χ0v) is 4.68. The number of hydrogen-bond acceptors (Lipinski definition) is 2. The zero-order valence-electron chi connectivity index (χ0n) is 4.68. The Morgan fingerprint density at radius 1 is 1.86 bits per heavy atom. The van der Waals surface area contributed by atoms with Crippen LogP contribution in [0.25, 0.3) is 0 Å². The van der Waals surface area contributed by atoms with Gasteiger partial charge < -0.3 is 10.8 Å². The molecule has 2 nitrogen and oxygen atoms in total. The third-order valence-corrected chi connectivity index (χ3v) is 0.762. The number of rotatable bonds is 1. The molecule has 0 fully saturated rings. The lowest BCUT2D eigenvalue weighted by atomic mass is 10.3. The van der Waals surface area contributed by atoms with Crippen molar-refractivity contribution < 1.29 is 5.11 Å². The molecule has 2 heteroatoms. The Morgan fingerprint density at radius 2 is 2.29 bits per heavy atom. The van der Waals surface area contributed by atoms with Crippen molar-refractivity contribution in [3.63, 3.8) is 0 Å². The highest BCUT2D eigenvalue weighted by Gasteiger charge is 1.94. The highest BCUT2D eigenvalue weighted by Crippen LogP contribution is 1.89. The number of allylic oxidation sites excluding steroid dienone is 1. The van der Waals surface area contributed by atoms with Crippen molar-refractivity contribution in [1.29, 1.82) is 0 Å². The van der Waals surface area contributed by atoms with Gasteiger partial charge in [-0.05, 0) is 19.9 Å². The van der Waals surface area contributed by atoms with Crippen LogP contribution in [0.2, 0.25) is 0 Å². The molecule has 0 aromatic rings. The third kappa shape index (κ3) is 2.23. The first-order chi connectivity index (χ1) is 3.18. The van der Waals surface area contributed by atoms with Crippen molar-refractivity contribution in [3.05, 3.63) is 11.8 Å². The summed E-state index contributed by atoms with van der Waals surface area (Å²) in [5.41, 5.74) is 5.23. The van der Waals surface area contributed by atoms with Crippen LogP contribution in [0.15, 0.2) is 11.8 Å². The van der Waals surface area contributed by atoms with Crippen LogP contribution in [-0.2, 0) is 0 Å². The van der Waals surface area contributed by atoms with Crippen LogP contribution in [-0.4, -0.2) is 11.1 Å². The zero-order chi connectivity index (χ0) is 5.86. The standard InChI is InChI=1S/C5H11NO/c1-3-5(7)4(2)6/h3-4,7H,6H2,1-2H3/b5-3+/t4-/m1/s1. The summed E-state index contributed by atoms with van der Waals surface area (Å²) in [6.45, 7) is 3.48. The Labute approximate surface area is 43.6 Å². The Kier molecular flexibility index (Phi) is 2.45. The summed E-state index contributed by atoms with van der Waals surface area (Å²) >= 11 is 0. The molecule has 0 heterocycles. The van der Waals surface area contributed by atoms with E-state index in [1.54, 1.807) is 19.9 Å². The summed E-state index contributed by atoms with van der Waals surface area (Å²) in [4.78, 5) is 0. The van der Waals surface area contributed by atoms with E-state index >= 15 is 0 Å². The minimum Gasteiger partial charge on any atom is -0.511 e. The SMILES string of the molecule is C/C=C(/O)[C@@H](C)N. The van der Waals surface area contributed by atoms with Crippen molar-refractivity contribution in [1.82, 2.24) is 0 Å². The van der Waals surface area contributed by atoms with Gasteiger partial charge in [0.2, 0.25) is 0 Å². The minimum atomic E-state index is -0.218. The summed E-state index contributed by atoms with van der Waals surface area (Å²) in [6, 6.07) is -0.218. The van der Waals surface area contributed by atoms with Gasteiger partial charge in [-0.1, -0.05) is 0 Å². The molecule has 0 aromatic heterocycles. The largest absolute Gasteiger partial charge is 0.511 e. The number of aliphatic hydroxyl groups excluding tert-OH is 1. The topological polar surface area (TPSA) is 46.2 Å². The van der Waals surface area contributed by atoms with Gasteiger partial charge in [-0.2, -0.15) is 0 Å². The van der Waals surface area contributed by atoms with Gasteiger partial charge in [-0.15, -0.1) is 0 Å². The van der Waals surface area contributed by atoms with Gasteiger partial charge in [-0.3, -0.25) is 0 Å². The maximum atomic E-state index is 8.67. The summed E-state index contributed by atoms with van der Waals surface area (Å²) in [5.74, 6) is 0.250. The van der Waals surface area contributed by atoms with E-state index in [9.17, 15) is 0 Å². The molecule has 0 bridgehead atoms. The molecule has 0 aliphatic heterocycles. The average molecular weight is 101 g/mol. The van der Waals surface area contributed by atoms with E-state index in [4.69, 9.17) is 10.8 Å². The molecule has 0 spiro atoms. The molecule has 42 valence electrons. The Morgan fingerprint density at radius 3 is 2.29 bits per heavy atom. The second-order valence-electron chi connectivity index (χ2n) is 1.50. The lowest BCUT2D eigenvalue weighted by Gasteiger charge is -1.99.